The summed E-state index contributed by atoms with van der Waals surface area (Å²) in [5.41, 5.74) is 9.64. The lowest BCUT2D eigenvalue weighted by atomic mass is 10.1. The Labute approximate surface area is 128 Å². The van der Waals surface area contributed by atoms with E-state index in [1.807, 2.05) is 30.3 Å². The van der Waals surface area contributed by atoms with E-state index in [9.17, 15) is 0 Å². The molecule has 0 saturated heterocycles. The average molecular weight is 295 g/mol. The first-order valence-corrected chi connectivity index (χ1v) is 7.83. The summed E-state index contributed by atoms with van der Waals surface area (Å²) in [6.07, 6.45) is 5.26. The molecule has 0 aliphatic heterocycles. The number of hydrogen-bond donors (Lipinski definition) is 1. The van der Waals surface area contributed by atoms with Crippen molar-refractivity contribution in [2.45, 2.75) is 18.9 Å². The zero-order chi connectivity index (χ0) is 14.5. The molecular weight excluding hydrogens is 278 g/mol. The number of nitrogens with zero attached hydrogens (tertiary/aromatic N) is 2. The predicted octanol–water partition coefficient (Wildman–Crippen LogP) is 3.32. The van der Waals surface area contributed by atoms with Gasteiger partial charge >= 0.3 is 0 Å². The quantitative estimate of drug-likeness (QED) is 0.785. The SMILES string of the molecule is NC(Cc1ccncc1)Cc1nc(-c2ccccc2)cs1. The van der Waals surface area contributed by atoms with E-state index in [-0.39, 0.29) is 6.04 Å². The molecule has 0 amide bonds. The molecule has 1 aromatic carbocycles. The Morgan fingerprint density at radius 1 is 1.00 bits per heavy atom. The first-order valence-electron chi connectivity index (χ1n) is 6.95. The molecule has 1 unspecified atom stereocenters. The van der Waals surface area contributed by atoms with Crippen LogP contribution in [0.1, 0.15) is 10.6 Å². The first kappa shape index (κ1) is 13.9. The van der Waals surface area contributed by atoms with Gasteiger partial charge in [0.15, 0.2) is 0 Å². The Kier molecular flexibility index (Phi) is 4.38. The van der Waals surface area contributed by atoms with Gasteiger partial charge in [0.2, 0.25) is 0 Å². The van der Waals surface area contributed by atoms with E-state index in [2.05, 4.69) is 27.5 Å². The average Bonchev–Trinajstić information content (AvgIpc) is 2.97. The van der Waals surface area contributed by atoms with Crippen molar-refractivity contribution in [3.05, 3.63) is 70.8 Å². The molecule has 0 aliphatic rings. The fraction of sp³-hybridized carbons (Fsp3) is 0.176. The van der Waals surface area contributed by atoms with Crippen molar-refractivity contribution in [3.8, 4) is 11.3 Å². The van der Waals surface area contributed by atoms with Gasteiger partial charge in [-0.1, -0.05) is 30.3 Å². The molecule has 1 atom stereocenters. The van der Waals surface area contributed by atoms with Crippen molar-refractivity contribution in [1.29, 1.82) is 0 Å². The van der Waals surface area contributed by atoms with Crippen LogP contribution >= 0.6 is 11.3 Å². The summed E-state index contributed by atoms with van der Waals surface area (Å²) in [5.74, 6) is 0. The largest absolute Gasteiger partial charge is 0.327 e. The number of pyridine rings is 1. The highest BCUT2D eigenvalue weighted by Crippen LogP contribution is 2.22. The van der Waals surface area contributed by atoms with Crippen molar-refractivity contribution in [2.24, 2.45) is 5.73 Å². The summed E-state index contributed by atoms with van der Waals surface area (Å²) in [6, 6.07) is 14.3. The molecule has 3 nitrogen and oxygen atoms in total. The van der Waals surface area contributed by atoms with E-state index in [0.717, 1.165) is 29.1 Å². The van der Waals surface area contributed by atoms with Crippen molar-refractivity contribution in [2.75, 3.05) is 0 Å². The Bertz CT molecular complexity index is 680. The highest BCUT2D eigenvalue weighted by atomic mass is 32.1. The fourth-order valence-corrected chi connectivity index (χ4v) is 3.16. The molecule has 4 heteroatoms. The van der Waals surface area contributed by atoms with Gasteiger partial charge in [-0.3, -0.25) is 4.98 Å². The van der Waals surface area contributed by atoms with Gasteiger partial charge in [-0.15, -0.1) is 11.3 Å². The minimum atomic E-state index is 0.0853. The van der Waals surface area contributed by atoms with Crippen molar-refractivity contribution in [3.63, 3.8) is 0 Å². The third-order valence-corrected chi connectivity index (χ3v) is 4.18. The topological polar surface area (TPSA) is 51.8 Å². The summed E-state index contributed by atoms with van der Waals surface area (Å²) < 4.78 is 0. The van der Waals surface area contributed by atoms with Gasteiger partial charge in [0.1, 0.15) is 0 Å². The van der Waals surface area contributed by atoms with Gasteiger partial charge in [0.05, 0.1) is 10.7 Å². The zero-order valence-corrected chi connectivity index (χ0v) is 12.5. The molecule has 0 fully saturated rings. The highest BCUT2D eigenvalue weighted by molar-refractivity contribution is 7.09. The minimum absolute atomic E-state index is 0.0853. The minimum Gasteiger partial charge on any atom is -0.327 e. The standard InChI is InChI=1S/C17H17N3S/c18-15(10-13-6-8-19-9-7-13)11-17-20-16(12-21-17)14-4-2-1-3-5-14/h1-9,12,15H,10-11,18H2. The summed E-state index contributed by atoms with van der Waals surface area (Å²) in [6.45, 7) is 0. The van der Waals surface area contributed by atoms with Gasteiger partial charge in [0, 0.05) is 35.8 Å². The van der Waals surface area contributed by atoms with Crippen LogP contribution in [-0.2, 0) is 12.8 Å². The highest BCUT2D eigenvalue weighted by Gasteiger charge is 2.10. The molecule has 3 rings (SSSR count). The lowest BCUT2D eigenvalue weighted by Gasteiger charge is -2.09. The van der Waals surface area contributed by atoms with E-state index >= 15 is 0 Å². The predicted molar refractivity (Wildman–Crippen MR) is 87.2 cm³/mol. The molecule has 0 aliphatic carbocycles. The Morgan fingerprint density at radius 2 is 1.76 bits per heavy atom. The number of benzene rings is 1. The van der Waals surface area contributed by atoms with E-state index in [1.54, 1.807) is 23.7 Å². The molecule has 106 valence electrons. The second-order valence-electron chi connectivity index (χ2n) is 5.02. The molecule has 2 heterocycles. The lowest BCUT2D eigenvalue weighted by Crippen LogP contribution is -2.25. The Morgan fingerprint density at radius 3 is 2.52 bits per heavy atom. The molecule has 3 aromatic rings. The maximum Gasteiger partial charge on any atom is 0.0948 e. The lowest BCUT2D eigenvalue weighted by molar-refractivity contribution is 0.662. The number of aromatic nitrogens is 2. The van der Waals surface area contributed by atoms with Crippen LogP contribution in [0.2, 0.25) is 0 Å². The van der Waals surface area contributed by atoms with Crippen LogP contribution in [0.25, 0.3) is 11.3 Å². The molecule has 0 spiro atoms. The summed E-state index contributed by atoms with van der Waals surface area (Å²) >= 11 is 1.68. The van der Waals surface area contributed by atoms with E-state index < -0.39 is 0 Å². The molecular formula is C17H17N3S. The second kappa shape index (κ2) is 6.61. The number of hydrogen-bond acceptors (Lipinski definition) is 4. The summed E-state index contributed by atoms with van der Waals surface area (Å²) in [5, 5.41) is 3.19. The molecule has 0 bridgehead atoms. The van der Waals surface area contributed by atoms with Gasteiger partial charge in [0.25, 0.3) is 0 Å². The van der Waals surface area contributed by atoms with E-state index in [0.29, 0.717) is 0 Å². The van der Waals surface area contributed by atoms with Crippen LogP contribution in [0, 0.1) is 0 Å². The van der Waals surface area contributed by atoms with Crippen LogP contribution < -0.4 is 5.73 Å². The van der Waals surface area contributed by atoms with Crippen LogP contribution in [0.3, 0.4) is 0 Å². The number of thiazole rings is 1. The van der Waals surface area contributed by atoms with Crippen LogP contribution in [-0.4, -0.2) is 16.0 Å². The fourth-order valence-electron chi connectivity index (χ4n) is 2.26. The Hall–Kier alpha value is -2.04. The molecule has 0 saturated carbocycles. The first-order chi connectivity index (χ1) is 10.3. The number of nitrogens with two attached hydrogens (primary N) is 1. The van der Waals surface area contributed by atoms with Crippen LogP contribution in [0.5, 0.6) is 0 Å². The molecule has 21 heavy (non-hydrogen) atoms. The van der Waals surface area contributed by atoms with Crippen LogP contribution in [0.4, 0.5) is 0 Å². The maximum absolute atomic E-state index is 6.23. The molecule has 2 N–H and O–H groups in total. The Balaban J connectivity index is 1.65. The van der Waals surface area contributed by atoms with Crippen molar-refractivity contribution < 1.29 is 0 Å². The zero-order valence-electron chi connectivity index (χ0n) is 11.6. The second-order valence-corrected chi connectivity index (χ2v) is 5.96. The van der Waals surface area contributed by atoms with Crippen molar-refractivity contribution >= 4 is 11.3 Å². The van der Waals surface area contributed by atoms with Gasteiger partial charge in [-0.25, -0.2) is 4.98 Å². The number of rotatable bonds is 5. The third-order valence-electron chi connectivity index (χ3n) is 3.31. The smallest absolute Gasteiger partial charge is 0.0948 e. The van der Waals surface area contributed by atoms with E-state index in [1.165, 1.54) is 5.56 Å². The normalized spacial score (nSPS) is 12.2. The van der Waals surface area contributed by atoms with Gasteiger partial charge < -0.3 is 5.73 Å². The summed E-state index contributed by atoms with van der Waals surface area (Å²) in [7, 11) is 0. The third kappa shape index (κ3) is 3.74. The van der Waals surface area contributed by atoms with Gasteiger partial charge in [-0.05, 0) is 24.1 Å². The molecule has 0 radical (unpaired) electrons. The molecule has 2 aromatic heterocycles. The maximum atomic E-state index is 6.23. The monoisotopic (exact) mass is 295 g/mol. The van der Waals surface area contributed by atoms with Gasteiger partial charge in [-0.2, -0.15) is 0 Å². The van der Waals surface area contributed by atoms with Crippen molar-refractivity contribution in [1.82, 2.24) is 9.97 Å². The van der Waals surface area contributed by atoms with Crippen LogP contribution in [0.15, 0.2) is 60.2 Å². The van der Waals surface area contributed by atoms with E-state index in [4.69, 9.17) is 5.73 Å². The summed E-state index contributed by atoms with van der Waals surface area (Å²) in [4.78, 5) is 8.71.